The molecular weight excluding hydrogens is 394 g/mol. The summed E-state index contributed by atoms with van der Waals surface area (Å²) in [5.74, 6) is 1.28. The smallest absolute Gasteiger partial charge is 0.101 e. The van der Waals surface area contributed by atoms with Crippen molar-refractivity contribution in [1.82, 2.24) is 0 Å². The third-order valence-corrected chi connectivity index (χ3v) is 7.74. The Morgan fingerprint density at radius 2 is 1.07 bits per heavy atom. The topological polar surface area (TPSA) is 20.2 Å². The van der Waals surface area contributed by atoms with E-state index in [0.29, 0.717) is 37.2 Å². The summed E-state index contributed by atoms with van der Waals surface area (Å²) in [6.45, 7) is 8.44. The van der Waals surface area contributed by atoms with Crippen LogP contribution in [0.5, 0.6) is 0 Å². The molecule has 0 amide bonds. The molecule has 0 aliphatic carbocycles. The first-order valence-corrected chi connectivity index (χ1v) is 13.7. The van der Waals surface area contributed by atoms with E-state index in [4.69, 9.17) is 0 Å². The van der Waals surface area contributed by atoms with Crippen LogP contribution in [0.4, 0.5) is 8.78 Å². The van der Waals surface area contributed by atoms with E-state index < -0.39 is 18.4 Å². The van der Waals surface area contributed by atoms with Gasteiger partial charge in [0.05, 0.1) is 6.10 Å². The second kappa shape index (κ2) is 19.5. The predicted octanol–water partition coefficient (Wildman–Crippen LogP) is 7.99. The summed E-state index contributed by atoms with van der Waals surface area (Å²) in [7, 11) is 0. The average molecular weight is 441 g/mol. The molecule has 0 bridgehead atoms. The molecule has 0 aromatic rings. The highest BCUT2D eigenvalue weighted by Crippen LogP contribution is 2.25. The molecule has 0 aromatic carbocycles. The fourth-order valence-electron chi connectivity index (χ4n) is 3.28. The van der Waals surface area contributed by atoms with Crippen LogP contribution in [0.1, 0.15) is 105 Å². The summed E-state index contributed by atoms with van der Waals surface area (Å²) >= 11 is 3.32. The molecule has 0 spiro atoms. The minimum atomic E-state index is -0.718. The van der Waals surface area contributed by atoms with Gasteiger partial charge in [0, 0.05) is 22.0 Å². The number of thioether (sulfide) groups is 2. The van der Waals surface area contributed by atoms with Crippen LogP contribution in [0.15, 0.2) is 0 Å². The maximum atomic E-state index is 14.0. The fraction of sp³-hybridized carbons (Fsp3) is 1.00. The molecule has 28 heavy (non-hydrogen) atoms. The van der Waals surface area contributed by atoms with Crippen LogP contribution in [0.25, 0.3) is 0 Å². The van der Waals surface area contributed by atoms with Gasteiger partial charge in [-0.15, -0.1) is 0 Å². The largest absolute Gasteiger partial charge is 0.391 e. The van der Waals surface area contributed by atoms with Gasteiger partial charge in [-0.25, -0.2) is 8.78 Å². The highest BCUT2D eigenvalue weighted by atomic mass is 32.2. The van der Waals surface area contributed by atoms with E-state index in [0.717, 1.165) is 25.7 Å². The number of aliphatic hydroxyl groups excluding tert-OH is 1. The molecule has 0 saturated heterocycles. The lowest BCUT2D eigenvalue weighted by Crippen LogP contribution is -2.19. The first kappa shape index (κ1) is 28.5. The number of hydrogen-bond donors (Lipinski definition) is 1. The number of alkyl halides is 2. The van der Waals surface area contributed by atoms with Crippen LogP contribution in [-0.2, 0) is 0 Å². The SMILES string of the molecule is CCCCCCC(F)CC(C)SCC(O)CSC(C)CC(F)CCCCCC. The zero-order valence-electron chi connectivity index (χ0n) is 18.8. The molecule has 4 atom stereocenters. The molecule has 0 aliphatic rings. The molecule has 5 heteroatoms. The number of aliphatic hydroxyl groups is 1. The van der Waals surface area contributed by atoms with Crippen molar-refractivity contribution in [3.8, 4) is 0 Å². The Bertz CT molecular complexity index is 304. The minimum Gasteiger partial charge on any atom is -0.391 e. The molecule has 0 aromatic heterocycles. The van der Waals surface area contributed by atoms with Crippen LogP contribution in [-0.4, -0.2) is 45.6 Å². The van der Waals surface area contributed by atoms with Gasteiger partial charge in [0.25, 0.3) is 0 Å². The van der Waals surface area contributed by atoms with E-state index in [1.54, 1.807) is 23.5 Å². The van der Waals surface area contributed by atoms with Gasteiger partial charge in [0.15, 0.2) is 0 Å². The van der Waals surface area contributed by atoms with Crippen LogP contribution < -0.4 is 0 Å². The standard InChI is InChI=1S/C23H46F2OS2/c1-5-7-9-11-13-21(24)15-19(3)27-17-23(26)18-28-20(4)16-22(25)14-12-10-8-6-2/h19-23,26H,5-18H2,1-4H3. The molecule has 0 radical (unpaired) electrons. The molecule has 1 nitrogen and oxygen atoms in total. The lowest BCUT2D eigenvalue weighted by Gasteiger charge is -2.19. The van der Waals surface area contributed by atoms with Crippen molar-refractivity contribution in [3.05, 3.63) is 0 Å². The molecular formula is C23H46F2OS2. The fourth-order valence-corrected chi connectivity index (χ4v) is 5.45. The van der Waals surface area contributed by atoms with Gasteiger partial charge in [0.1, 0.15) is 12.3 Å². The van der Waals surface area contributed by atoms with Crippen molar-refractivity contribution >= 4 is 23.5 Å². The normalized spacial score (nSPS) is 17.2. The zero-order chi connectivity index (χ0) is 21.2. The third-order valence-electron chi connectivity index (χ3n) is 5.06. The van der Waals surface area contributed by atoms with Gasteiger partial charge in [-0.1, -0.05) is 79.1 Å². The summed E-state index contributed by atoms with van der Waals surface area (Å²) in [6.07, 6.45) is 9.65. The van der Waals surface area contributed by atoms with E-state index in [-0.39, 0.29) is 10.5 Å². The van der Waals surface area contributed by atoms with E-state index in [9.17, 15) is 13.9 Å². The average Bonchev–Trinajstić information content (AvgIpc) is 2.65. The summed E-state index contributed by atoms with van der Waals surface area (Å²) in [5, 5.41) is 10.7. The van der Waals surface area contributed by atoms with Gasteiger partial charge in [-0.3, -0.25) is 0 Å². The van der Waals surface area contributed by atoms with Crippen molar-refractivity contribution < 1.29 is 13.9 Å². The van der Waals surface area contributed by atoms with Crippen molar-refractivity contribution in [2.45, 2.75) is 134 Å². The summed E-state index contributed by atoms with van der Waals surface area (Å²) in [6, 6.07) is 0. The van der Waals surface area contributed by atoms with E-state index in [1.807, 2.05) is 0 Å². The highest BCUT2D eigenvalue weighted by molar-refractivity contribution is 8.00. The molecule has 4 unspecified atom stereocenters. The Morgan fingerprint density at radius 3 is 1.43 bits per heavy atom. The van der Waals surface area contributed by atoms with Gasteiger partial charge in [-0.05, 0) is 25.7 Å². The summed E-state index contributed by atoms with van der Waals surface area (Å²) < 4.78 is 28.0. The number of hydrogen-bond acceptors (Lipinski definition) is 3. The van der Waals surface area contributed by atoms with E-state index >= 15 is 0 Å². The maximum absolute atomic E-state index is 14.0. The number of halogens is 2. The molecule has 0 rings (SSSR count). The number of unbranched alkanes of at least 4 members (excludes halogenated alkanes) is 6. The molecule has 0 heterocycles. The molecule has 0 fully saturated rings. The van der Waals surface area contributed by atoms with Crippen LogP contribution >= 0.6 is 23.5 Å². The summed E-state index contributed by atoms with van der Waals surface area (Å²) in [4.78, 5) is 0. The van der Waals surface area contributed by atoms with Gasteiger partial charge in [-0.2, -0.15) is 23.5 Å². The molecule has 0 aliphatic heterocycles. The van der Waals surface area contributed by atoms with Gasteiger partial charge >= 0.3 is 0 Å². The highest BCUT2D eigenvalue weighted by Gasteiger charge is 2.17. The van der Waals surface area contributed by atoms with Crippen LogP contribution in [0, 0.1) is 0 Å². The predicted molar refractivity (Wildman–Crippen MR) is 126 cm³/mol. The van der Waals surface area contributed by atoms with Gasteiger partial charge in [0.2, 0.25) is 0 Å². The van der Waals surface area contributed by atoms with Crippen molar-refractivity contribution in [2.75, 3.05) is 11.5 Å². The Balaban J connectivity index is 3.74. The lowest BCUT2D eigenvalue weighted by atomic mass is 10.1. The van der Waals surface area contributed by atoms with E-state index in [1.165, 1.54) is 25.7 Å². The molecule has 1 N–H and O–H groups in total. The van der Waals surface area contributed by atoms with Crippen molar-refractivity contribution in [1.29, 1.82) is 0 Å². The van der Waals surface area contributed by atoms with Gasteiger partial charge < -0.3 is 5.11 Å². The van der Waals surface area contributed by atoms with Crippen molar-refractivity contribution in [2.24, 2.45) is 0 Å². The Kier molecular flexibility index (Phi) is 19.8. The first-order valence-electron chi connectivity index (χ1n) is 11.6. The molecule has 0 saturated carbocycles. The summed E-state index contributed by atoms with van der Waals surface area (Å²) in [5.41, 5.74) is 0. The van der Waals surface area contributed by atoms with Crippen LogP contribution in [0.2, 0.25) is 0 Å². The zero-order valence-corrected chi connectivity index (χ0v) is 20.4. The quantitative estimate of drug-likeness (QED) is 0.194. The van der Waals surface area contributed by atoms with Crippen molar-refractivity contribution in [3.63, 3.8) is 0 Å². The second-order valence-corrected chi connectivity index (χ2v) is 11.2. The van der Waals surface area contributed by atoms with Crippen LogP contribution in [0.3, 0.4) is 0 Å². The second-order valence-electron chi connectivity index (χ2n) is 8.31. The Hall–Kier alpha value is 0.520. The Labute approximate surface area is 182 Å². The molecule has 170 valence electrons. The Morgan fingerprint density at radius 1 is 0.679 bits per heavy atom. The monoisotopic (exact) mass is 440 g/mol. The maximum Gasteiger partial charge on any atom is 0.101 e. The van der Waals surface area contributed by atoms with E-state index in [2.05, 4.69) is 27.7 Å². The third kappa shape index (κ3) is 18.5. The minimum absolute atomic E-state index is 0.233. The lowest BCUT2D eigenvalue weighted by molar-refractivity contribution is 0.224. The first-order chi connectivity index (χ1) is 13.4. The number of rotatable bonds is 20.